The van der Waals surface area contributed by atoms with Gasteiger partial charge in [0.25, 0.3) is 0 Å². The summed E-state index contributed by atoms with van der Waals surface area (Å²) in [6, 6.07) is 8.61. The number of nitrogens with one attached hydrogen (secondary N) is 1. The Morgan fingerprint density at radius 2 is 1.84 bits per heavy atom. The van der Waals surface area contributed by atoms with Crippen molar-refractivity contribution in [3.05, 3.63) is 69.7 Å². The molecule has 2 nitrogen and oxygen atoms in total. The second kappa shape index (κ2) is 5.65. The number of nitrogens with two attached hydrogens (primary N) is 1. The molecule has 0 aliphatic rings. The van der Waals surface area contributed by atoms with E-state index in [-0.39, 0.29) is 0 Å². The van der Waals surface area contributed by atoms with Gasteiger partial charge in [0.05, 0.1) is 6.04 Å². The van der Waals surface area contributed by atoms with Crippen LogP contribution in [0.4, 0.5) is 8.78 Å². The summed E-state index contributed by atoms with van der Waals surface area (Å²) in [4.78, 5) is 0. The molecule has 1 atom stereocenters. The zero-order valence-corrected chi connectivity index (χ0v) is 11.0. The molecule has 1 unspecified atom stereocenters. The van der Waals surface area contributed by atoms with Gasteiger partial charge in [0.15, 0.2) is 11.6 Å². The van der Waals surface area contributed by atoms with E-state index in [2.05, 4.69) is 5.43 Å². The van der Waals surface area contributed by atoms with Gasteiger partial charge < -0.3 is 0 Å². The number of hydrogen-bond donors (Lipinski definition) is 2. The molecule has 0 aliphatic carbocycles. The molecule has 3 N–H and O–H groups in total. The predicted molar refractivity (Wildman–Crippen MR) is 71.7 cm³/mol. The van der Waals surface area contributed by atoms with Gasteiger partial charge in [0.1, 0.15) is 0 Å². The number of hydrogen-bond acceptors (Lipinski definition) is 2. The summed E-state index contributed by atoms with van der Waals surface area (Å²) in [5, 5.41) is 0.559. The van der Waals surface area contributed by atoms with Gasteiger partial charge in [0, 0.05) is 5.02 Å². The summed E-state index contributed by atoms with van der Waals surface area (Å²) in [6.07, 6.45) is 0. The molecule has 0 fully saturated rings. The topological polar surface area (TPSA) is 38.0 Å². The van der Waals surface area contributed by atoms with E-state index in [4.69, 9.17) is 17.4 Å². The molecular formula is C14H13ClF2N2. The predicted octanol–water partition coefficient (Wildman–Crippen LogP) is 3.48. The van der Waals surface area contributed by atoms with Crippen molar-refractivity contribution in [1.82, 2.24) is 5.43 Å². The van der Waals surface area contributed by atoms with Crippen LogP contribution < -0.4 is 11.3 Å². The Hall–Kier alpha value is -1.49. The summed E-state index contributed by atoms with van der Waals surface area (Å²) >= 11 is 5.96. The van der Waals surface area contributed by atoms with E-state index in [1.165, 1.54) is 6.07 Å². The number of aryl methyl sites for hydroxylation is 1. The molecule has 100 valence electrons. The molecule has 2 aromatic carbocycles. The molecule has 0 heterocycles. The number of rotatable bonds is 3. The molecule has 2 rings (SSSR count). The van der Waals surface area contributed by atoms with E-state index in [1.807, 2.05) is 13.0 Å². The molecule has 0 aliphatic heterocycles. The highest BCUT2D eigenvalue weighted by Crippen LogP contribution is 2.27. The van der Waals surface area contributed by atoms with Gasteiger partial charge in [-0.15, -0.1) is 0 Å². The van der Waals surface area contributed by atoms with Crippen molar-refractivity contribution in [1.29, 1.82) is 0 Å². The van der Waals surface area contributed by atoms with Crippen molar-refractivity contribution in [3.8, 4) is 0 Å². The first-order chi connectivity index (χ1) is 9.02. The smallest absolute Gasteiger partial charge is 0.159 e. The molecule has 0 spiro atoms. The molecule has 0 bridgehead atoms. The van der Waals surface area contributed by atoms with Crippen LogP contribution in [0.5, 0.6) is 0 Å². The van der Waals surface area contributed by atoms with E-state index < -0.39 is 17.7 Å². The summed E-state index contributed by atoms with van der Waals surface area (Å²) in [5.41, 5.74) is 4.91. The first-order valence-corrected chi connectivity index (χ1v) is 6.08. The Balaban J connectivity index is 2.49. The maximum absolute atomic E-state index is 13.3. The zero-order valence-electron chi connectivity index (χ0n) is 10.3. The Kier molecular flexibility index (Phi) is 4.14. The Labute approximate surface area is 115 Å². The van der Waals surface area contributed by atoms with Gasteiger partial charge in [-0.05, 0) is 47.9 Å². The average molecular weight is 283 g/mol. The maximum Gasteiger partial charge on any atom is 0.159 e. The SMILES string of the molecule is Cc1ccc(Cl)cc1C(NN)c1ccc(F)c(F)c1. The molecule has 0 saturated heterocycles. The van der Waals surface area contributed by atoms with E-state index >= 15 is 0 Å². The van der Waals surface area contributed by atoms with E-state index in [0.29, 0.717) is 10.6 Å². The molecule has 0 aromatic heterocycles. The highest BCUT2D eigenvalue weighted by molar-refractivity contribution is 6.30. The molecule has 0 radical (unpaired) electrons. The summed E-state index contributed by atoms with van der Waals surface area (Å²) < 4.78 is 26.3. The van der Waals surface area contributed by atoms with Crippen LogP contribution >= 0.6 is 11.6 Å². The third-order valence-corrected chi connectivity index (χ3v) is 3.23. The Morgan fingerprint density at radius 3 is 2.47 bits per heavy atom. The third-order valence-electron chi connectivity index (χ3n) is 3.00. The van der Waals surface area contributed by atoms with Crippen molar-refractivity contribution in [2.75, 3.05) is 0 Å². The highest BCUT2D eigenvalue weighted by Gasteiger charge is 2.16. The van der Waals surface area contributed by atoms with Crippen molar-refractivity contribution >= 4 is 11.6 Å². The quantitative estimate of drug-likeness (QED) is 0.668. The standard InChI is InChI=1S/C14H13ClF2N2/c1-8-2-4-10(15)7-11(8)14(19-18)9-3-5-12(16)13(17)6-9/h2-7,14,19H,18H2,1H3. The average Bonchev–Trinajstić information content (AvgIpc) is 2.38. The van der Waals surface area contributed by atoms with Gasteiger partial charge in [-0.25, -0.2) is 14.2 Å². The van der Waals surface area contributed by atoms with Crippen molar-refractivity contribution in [2.45, 2.75) is 13.0 Å². The molecule has 0 amide bonds. The Morgan fingerprint density at radius 1 is 1.11 bits per heavy atom. The fourth-order valence-corrected chi connectivity index (χ4v) is 2.16. The minimum Gasteiger partial charge on any atom is -0.271 e. The van der Waals surface area contributed by atoms with E-state index in [0.717, 1.165) is 23.3 Å². The lowest BCUT2D eigenvalue weighted by Gasteiger charge is -2.19. The minimum absolute atomic E-state index is 0.450. The molecule has 2 aromatic rings. The van der Waals surface area contributed by atoms with E-state index in [9.17, 15) is 8.78 Å². The van der Waals surface area contributed by atoms with Gasteiger partial charge in [-0.1, -0.05) is 23.7 Å². The normalized spacial score (nSPS) is 12.5. The summed E-state index contributed by atoms with van der Waals surface area (Å²) in [7, 11) is 0. The lowest BCUT2D eigenvalue weighted by Crippen LogP contribution is -2.29. The zero-order chi connectivity index (χ0) is 14.0. The third kappa shape index (κ3) is 2.92. The minimum atomic E-state index is -0.905. The van der Waals surface area contributed by atoms with Crippen molar-refractivity contribution < 1.29 is 8.78 Å². The van der Waals surface area contributed by atoms with Crippen LogP contribution in [-0.4, -0.2) is 0 Å². The lowest BCUT2D eigenvalue weighted by molar-refractivity contribution is 0.504. The molecule has 19 heavy (non-hydrogen) atoms. The second-order valence-corrected chi connectivity index (χ2v) is 4.71. The second-order valence-electron chi connectivity index (χ2n) is 4.27. The van der Waals surface area contributed by atoms with Gasteiger partial charge in [-0.2, -0.15) is 0 Å². The lowest BCUT2D eigenvalue weighted by atomic mass is 9.95. The largest absolute Gasteiger partial charge is 0.271 e. The number of halogens is 3. The maximum atomic E-state index is 13.3. The van der Waals surface area contributed by atoms with Crippen LogP contribution in [-0.2, 0) is 0 Å². The first-order valence-electron chi connectivity index (χ1n) is 5.70. The van der Waals surface area contributed by atoms with Crippen molar-refractivity contribution in [2.24, 2.45) is 5.84 Å². The Bertz CT molecular complexity index is 602. The first kappa shape index (κ1) is 13.9. The van der Waals surface area contributed by atoms with Crippen LogP contribution in [0.15, 0.2) is 36.4 Å². The van der Waals surface area contributed by atoms with E-state index in [1.54, 1.807) is 12.1 Å². The van der Waals surface area contributed by atoms with Gasteiger partial charge in [-0.3, -0.25) is 5.84 Å². The monoisotopic (exact) mass is 282 g/mol. The van der Waals surface area contributed by atoms with Crippen LogP contribution in [0.25, 0.3) is 0 Å². The summed E-state index contributed by atoms with van der Waals surface area (Å²) in [6.45, 7) is 1.90. The van der Waals surface area contributed by atoms with Crippen molar-refractivity contribution in [3.63, 3.8) is 0 Å². The fraction of sp³-hybridized carbons (Fsp3) is 0.143. The van der Waals surface area contributed by atoms with Crippen LogP contribution in [0.1, 0.15) is 22.7 Å². The van der Waals surface area contributed by atoms with Crippen LogP contribution in [0, 0.1) is 18.6 Å². The van der Waals surface area contributed by atoms with Crippen LogP contribution in [0.3, 0.4) is 0 Å². The van der Waals surface area contributed by atoms with Crippen LogP contribution in [0.2, 0.25) is 5.02 Å². The number of benzene rings is 2. The fourth-order valence-electron chi connectivity index (χ4n) is 1.98. The molecule has 5 heteroatoms. The molecule has 0 saturated carbocycles. The number of hydrazine groups is 1. The highest BCUT2D eigenvalue weighted by atomic mass is 35.5. The summed E-state index contributed by atoms with van der Waals surface area (Å²) in [5.74, 6) is 3.74. The van der Waals surface area contributed by atoms with Gasteiger partial charge >= 0.3 is 0 Å². The van der Waals surface area contributed by atoms with Gasteiger partial charge in [0.2, 0.25) is 0 Å². The molecular weight excluding hydrogens is 270 g/mol.